The van der Waals surface area contributed by atoms with Crippen molar-refractivity contribution in [3.63, 3.8) is 0 Å². The van der Waals surface area contributed by atoms with Crippen molar-refractivity contribution in [3.8, 4) is 0 Å². The highest BCUT2D eigenvalue weighted by atomic mass is 79.9. The van der Waals surface area contributed by atoms with Gasteiger partial charge in [-0.15, -0.1) is 0 Å². The molecule has 1 amide bonds. The summed E-state index contributed by atoms with van der Waals surface area (Å²) in [5, 5.41) is 11.0. The highest BCUT2D eigenvalue weighted by molar-refractivity contribution is 9.10. The number of ether oxygens (including phenoxy) is 1. The molecule has 0 aliphatic carbocycles. The first-order valence-electron chi connectivity index (χ1n) is 5.41. The smallest absolute Gasteiger partial charge is 0.326 e. The highest BCUT2D eigenvalue weighted by Gasteiger charge is 2.25. The third-order valence-electron chi connectivity index (χ3n) is 2.40. The average Bonchev–Trinajstić information content (AvgIpc) is 2.40. The van der Waals surface area contributed by atoms with Gasteiger partial charge >= 0.3 is 11.9 Å². The molecule has 0 fully saturated rings. The van der Waals surface area contributed by atoms with Crippen molar-refractivity contribution >= 4 is 33.8 Å². The predicted molar refractivity (Wildman–Crippen MR) is 69.6 cm³/mol. The van der Waals surface area contributed by atoms with Crippen molar-refractivity contribution in [1.82, 2.24) is 5.32 Å². The third kappa shape index (κ3) is 4.02. The summed E-state index contributed by atoms with van der Waals surface area (Å²) in [4.78, 5) is 33.8. The van der Waals surface area contributed by atoms with Crippen molar-refractivity contribution in [2.24, 2.45) is 0 Å². The fourth-order valence-electron chi connectivity index (χ4n) is 1.37. The normalized spacial score (nSPS) is 11.6. The van der Waals surface area contributed by atoms with E-state index in [9.17, 15) is 18.8 Å². The van der Waals surface area contributed by atoms with Crippen LogP contribution in [-0.2, 0) is 14.3 Å². The van der Waals surface area contributed by atoms with Crippen molar-refractivity contribution in [1.29, 1.82) is 0 Å². The minimum atomic E-state index is -1.49. The Hall–Kier alpha value is -1.96. The molecule has 0 radical (unpaired) electrons. The number of esters is 1. The molecule has 1 aromatic rings. The number of aliphatic carboxylic acids is 1. The van der Waals surface area contributed by atoms with Gasteiger partial charge in [0.05, 0.1) is 23.6 Å². The Kier molecular flexibility index (Phi) is 5.63. The number of carbonyl (C=O) groups is 3. The minimum Gasteiger partial charge on any atom is -0.480 e. The number of hydrogen-bond acceptors (Lipinski definition) is 4. The zero-order chi connectivity index (χ0) is 15.3. The Labute approximate surface area is 122 Å². The molecule has 0 spiro atoms. The number of benzene rings is 1. The largest absolute Gasteiger partial charge is 0.480 e. The SMILES string of the molecule is COC(=O)C[C@H](NC(=O)c1cccc(Br)c1F)C(=O)O. The first-order chi connectivity index (χ1) is 9.36. The Morgan fingerprint density at radius 2 is 2.10 bits per heavy atom. The summed E-state index contributed by atoms with van der Waals surface area (Å²) in [6.07, 6.45) is -0.548. The lowest BCUT2D eigenvalue weighted by Gasteiger charge is -2.13. The lowest BCUT2D eigenvalue weighted by atomic mass is 10.1. The average molecular weight is 348 g/mol. The molecule has 20 heavy (non-hydrogen) atoms. The summed E-state index contributed by atoms with van der Waals surface area (Å²) in [5.74, 6) is -3.96. The fraction of sp³-hybridized carbons (Fsp3) is 0.250. The molecule has 0 unspecified atom stereocenters. The number of carboxylic acids is 1. The van der Waals surface area contributed by atoms with E-state index < -0.39 is 36.1 Å². The molecule has 0 heterocycles. The number of hydrogen-bond donors (Lipinski definition) is 2. The highest BCUT2D eigenvalue weighted by Crippen LogP contribution is 2.18. The molecule has 1 aromatic carbocycles. The van der Waals surface area contributed by atoms with Crippen LogP contribution in [0.2, 0.25) is 0 Å². The maximum atomic E-state index is 13.7. The zero-order valence-electron chi connectivity index (χ0n) is 10.4. The molecule has 6 nitrogen and oxygen atoms in total. The van der Waals surface area contributed by atoms with Gasteiger partial charge in [-0.25, -0.2) is 9.18 Å². The summed E-state index contributed by atoms with van der Waals surface area (Å²) in [6.45, 7) is 0. The van der Waals surface area contributed by atoms with E-state index in [0.29, 0.717) is 0 Å². The lowest BCUT2D eigenvalue weighted by Crippen LogP contribution is -2.42. The summed E-state index contributed by atoms with van der Waals surface area (Å²) in [6, 6.07) is 2.54. The van der Waals surface area contributed by atoms with Gasteiger partial charge in [0.15, 0.2) is 0 Å². The van der Waals surface area contributed by atoms with E-state index in [4.69, 9.17) is 5.11 Å². The van der Waals surface area contributed by atoms with Crippen LogP contribution in [0.1, 0.15) is 16.8 Å². The molecule has 0 saturated heterocycles. The maximum absolute atomic E-state index is 13.7. The van der Waals surface area contributed by atoms with Gasteiger partial charge in [0.25, 0.3) is 5.91 Å². The van der Waals surface area contributed by atoms with Crippen LogP contribution in [0, 0.1) is 5.82 Å². The van der Waals surface area contributed by atoms with Gasteiger partial charge in [-0.1, -0.05) is 6.07 Å². The molecular formula is C12H11BrFNO5. The fourth-order valence-corrected chi connectivity index (χ4v) is 1.73. The molecule has 0 aromatic heterocycles. The molecule has 1 atom stereocenters. The van der Waals surface area contributed by atoms with Gasteiger partial charge in [0.1, 0.15) is 11.9 Å². The first kappa shape index (κ1) is 16.1. The molecule has 0 aliphatic heterocycles. The van der Waals surface area contributed by atoms with E-state index in [1.54, 1.807) is 0 Å². The molecule has 8 heteroatoms. The lowest BCUT2D eigenvalue weighted by molar-refractivity contribution is -0.147. The number of carbonyl (C=O) groups excluding carboxylic acids is 2. The second kappa shape index (κ2) is 6.99. The molecule has 0 saturated carbocycles. The molecule has 108 valence electrons. The van der Waals surface area contributed by atoms with Gasteiger partial charge in [-0.05, 0) is 28.1 Å². The Bertz CT molecular complexity index is 549. The third-order valence-corrected chi connectivity index (χ3v) is 3.01. The maximum Gasteiger partial charge on any atom is 0.326 e. The monoisotopic (exact) mass is 347 g/mol. The van der Waals surface area contributed by atoms with E-state index in [0.717, 1.165) is 7.11 Å². The summed E-state index contributed by atoms with van der Waals surface area (Å²) >= 11 is 2.92. The van der Waals surface area contributed by atoms with E-state index >= 15 is 0 Å². The van der Waals surface area contributed by atoms with Crippen LogP contribution in [0.3, 0.4) is 0 Å². The minimum absolute atomic E-state index is 0.0741. The molecule has 0 aliphatic rings. The summed E-state index contributed by atoms with van der Waals surface area (Å²) in [7, 11) is 1.09. The van der Waals surface area contributed by atoms with Gasteiger partial charge in [0, 0.05) is 0 Å². The zero-order valence-corrected chi connectivity index (χ0v) is 11.9. The van der Waals surface area contributed by atoms with Gasteiger partial charge in [0.2, 0.25) is 0 Å². The second-order valence-corrected chi connectivity index (χ2v) is 4.60. The quantitative estimate of drug-likeness (QED) is 0.784. The van der Waals surface area contributed by atoms with Gasteiger partial charge in [-0.3, -0.25) is 9.59 Å². The Balaban J connectivity index is 2.88. The number of amides is 1. The standard InChI is InChI=1S/C12H11BrFNO5/c1-20-9(16)5-8(12(18)19)15-11(17)6-3-2-4-7(13)10(6)14/h2-4,8H,5H2,1H3,(H,15,17)(H,18,19)/t8-/m0/s1. The van der Waals surface area contributed by atoms with Crippen molar-refractivity contribution < 1.29 is 28.6 Å². The number of carboxylic acid groups (broad SMARTS) is 1. The number of methoxy groups -OCH3 is 1. The number of nitrogens with one attached hydrogen (secondary N) is 1. The Morgan fingerprint density at radius 3 is 2.65 bits per heavy atom. The van der Waals surface area contributed by atoms with Crippen LogP contribution in [0.4, 0.5) is 4.39 Å². The van der Waals surface area contributed by atoms with Crippen LogP contribution < -0.4 is 5.32 Å². The topological polar surface area (TPSA) is 92.7 Å². The second-order valence-electron chi connectivity index (χ2n) is 3.75. The van der Waals surface area contributed by atoms with Crippen molar-refractivity contribution in [2.75, 3.05) is 7.11 Å². The van der Waals surface area contributed by atoms with Crippen molar-refractivity contribution in [2.45, 2.75) is 12.5 Å². The van der Waals surface area contributed by atoms with E-state index in [1.165, 1.54) is 18.2 Å². The molecular weight excluding hydrogens is 337 g/mol. The van der Waals surface area contributed by atoms with Crippen molar-refractivity contribution in [3.05, 3.63) is 34.1 Å². The summed E-state index contributed by atoms with van der Waals surface area (Å²) in [5.41, 5.74) is -0.324. The van der Waals surface area contributed by atoms with Gasteiger partial charge in [-0.2, -0.15) is 0 Å². The Morgan fingerprint density at radius 1 is 1.45 bits per heavy atom. The summed E-state index contributed by atoms with van der Waals surface area (Å²) < 4.78 is 18.1. The van der Waals surface area contributed by atoms with E-state index in [-0.39, 0.29) is 10.0 Å². The first-order valence-corrected chi connectivity index (χ1v) is 6.20. The molecule has 1 rings (SSSR count). The van der Waals surface area contributed by atoms with Gasteiger partial charge < -0.3 is 15.2 Å². The molecule has 2 N–H and O–H groups in total. The van der Waals surface area contributed by atoms with E-state index in [2.05, 4.69) is 26.0 Å². The van der Waals surface area contributed by atoms with Crippen LogP contribution in [0.5, 0.6) is 0 Å². The van der Waals surface area contributed by atoms with Crippen LogP contribution in [-0.4, -0.2) is 36.1 Å². The van der Waals surface area contributed by atoms with Crippen LogP contribution in [0.15, 0.2) is 22.7 Å². The van der Waals surface area contributed by atoms with E-state index in [1.807, 2.05) is 0 Å². The van der Waals surface area contributed by atoms with Crippen LogP contribution in [0.25, 0.3) is 0 Å². The van der Waals surface area contributed by atoms with Crippen LogP contribution >= 0.6 is 15.9 Å². The number of halogens is 2. The predicted octanol–water partition coefficient (Wildman–Crippen LogP) is 1.33. The molecule has 0 bridgehead atoms. The number of rotatable bonds is 5.